The SMILES string of the molecule is NC(=O)[C@H]1C[C@H]1c1ccccc1CO. The lowest BCUT2D eigenvalue weighted by atomic mass is 10.0. The van der Waals surface area contributed by atoms with Crippen molar-refractivity contribution in [3.05, 3.63) is 35.4 Å². The molecule has 1 amide bonds. The van der Waals surface area contributed by atoms with E-state index >= 15 is 0 Å². The minimum atomic E-state index is -0.234. The predicted octanol–water partition coefficient (Wildman–Crippen LogP) is 0.768. The number of rotatable bonds is 3. The first-order chi connectivity index (χ1) is 6.74. The van der Waals surface area contributed by atoms with E-state index < -0.39 is 0 Å². The van der Waals surface area contributed by atoms with Gasteiger partial charge in [0.2, 0.25) is 5.91 Å². The fraction of sp³-hybridized carbons (Fsp3) is 0.364. The molecule has 1 aliphatic carbocycles. The normalized spacial score (nSPS) is 24.6. The molecule has 3 heteroatoms. The molecular weight excluding hydrogens is 178 g/mol. The summed E-state index contributed by atoms with van der Waals surface area (Å²) in [7, 11) is 0. The van der Waals surface area contributed by atoms with Crippen LogP contribution in [-0.2, 0) is 11.4 Å². The fourth-order valence-corrected chi connectivity index (χ4v) is 1.89. The van der Waals surface area contributed by atoms with Crippen LogP contribution in [0.25, 0.3) is 0 Å². The fourth-order valence-electron chi connectivity index (χ4n) is 1.89. The molecule has 0 aliphatic heterocycles. The molecule has 1 aliphatic rings. The van der Waals surface area contributed by atoms with Crippen molar-refractivity contribution < 1.29 is 9.90 Å². The minimum Gasteiger partial charge on any atom is -0.392 e. The molecule has 3 nitrogen and oxygen atoms in total. The lowest BCUT2D eigenvalue weighted by molar-refractivity contribution is -0.119. The molecular formula is C11H13NO2. The molecule has 0 spiro atoms. The van der Waals surface area contributed by atoms with Crippen molar-refractivity contribution in [1.82, 2.24) is 0 Å². The van der Waals surface area contributed by atoms with Gasteiger partial charge in [-0.15, -0.1) is 0 Å². The number of benzene rings is 1. The van der Waals surface area contributed by atoms with Crippen molar-refractivity contribution in [2.45, 2.75) is 18.9 Å². The molecule has 0 saturated heterocycles. The van der Waals surface area contributed by atoms with Gasteiger partial charge in [-0.25, -0.2) is 0 Å². The zero-order valence-electron chi connectivity index (χ0n) is 7.81. The van der Waals surface area contributed by atoms with E-state index in [0.717, 1.165) is 17.5 Å². The molecule has 3 N–H and O–H groups in total. The molecule has 1 fully saturated rings. The van der Waals surface area contributed by atoms with Crippen molar-refractivity contribution in [1.29, 1.82) is 0 Å². The Bertz CT molecular complexity index is 362. The van der Waals surface area contributed by atoms with Crippen LogP contribution in [0.4, 0.5) is 0 Å². The molecule has 0 bridgehead atoms. The molecule has 1 aromatic rings. The number of primary amides is 1. The highest BCUT2D eigenvalue weighted by Crippen LogP contribution is 2.48. The van der Waals surface area contributed by atoms with Gasteiger partial charge in [-0.3, -0.25) is 4.79 Å². The summed E-state index contributed by atoms with van der Waals surface area (Å²) >= 11 is 0. The molecule has 2 rings (SSSR count). The first kappa shape index (κ1) is 9.21. The second kappa shape index (κ2) is 3.42. The topological polar surface area (TPSA) is 63.3 Å². The average Bonchev–Trinajstić information content (AvgIpc) is 2.97. The minimum absolute atomic E-state index is 0.0253. The number of hydrogen-bond acceptors (Lipinski definition) is 2. The van der Waals surface area contributed by atoms with E-state index in [-0.39, 0.29) is 24.3 Å². The third kappa shape index (κ3) is 1.51. The highest BCUT2D eigenvalue weighted by molar-refractivity contribution is 5.81. The van der Waals surface area contributed by atoms with Crippen LogP contribution in [0.15, 0.2) is 24.3 Å². The van der Waals surface area contributed by atoms with Crippen molar-refractivity contribution in [3.63, 3.8) is 0 Å². The van der Waals surface area contributed by atoms with Gasteiger partial charge in [-0.05, 0) is 23.5 Å². The first-order valence-corrected chi connectivity index (χ1v) is 4.72. The van der Waals surface area contributed by atoms with E-state index in [0.29, 0.717) is 0 Å². The van der Waals surface area contributed by atoms with Gasteiger partial charge in [0.05, 0.1) is 6.61 Å². The van der Waals surface area contributed by atoms with Crippen LogP contribution < -0.4 is 5.73 Å². The van der Waals surface area contributed by atoms with Crippen LogP contribution in [0.2, 0.25) is 0 Å². The van der Waals surface area contributed by atoms with E-state index in [2.05, 4.69) is 0 Å². The second-order valence-corrected chi connectivity index (χ2v) is 3.71. The van der Waals surface area contributed by atoms with Gasteiger partial charge in [-0.2, -0.15) is 0 Å². The van der Waals surface area contributed by atoms with E-state index in [9.17, 15) is 4.79 Å². The van der Waals surface area contributed by atoms with Gasteiger partial charge < -0.3 is 10.8 Å². The van der Waals surface area contributed by atoms with Crippen LogP contribution >= 0.6 is 0 Å². The van der Waals surface area contributed by atoms with Gasteiger partial charge in [0.1, 0.15) is 0 Å². The van der Waals surface area contributed by atoms with Gasteiger partial charge >= 0.3 is 0 Å². The molecule has 74 valence electrons. The van der Waals surface area contributed by atoms with Crippen molar-refractivity contribution in [2.75, 3.05) is 0 Å². The maximum Gasteiger partial charge on any atom is 0.221 e. The van der Waals surface area contributed by atoms with E-state index in [1.54, 1.807) is 0 Å². The highest BCUT2D eigenvalue weighted by Gasteiger charge is 2.43. The number of nitrogens with two attached hydrogens (primary N) is 1. The first-order valence-electron chi connectivity index (χ1n) is 4.72. The number of aliphatic hydroxyl groups excluding tert-OH is 1. The van der Waals surface area contributed by atoms with Crippen LogP contribution in [0.1, 0.15) is 23.5 Å². The van der Waals surface area contributed by atoms with E-state index in [1.807, 2.05) is 24.3 Å². The van der Waals surface area contributed by atoms with Crippen molar-refractivity contribution in [2.24, 2.45) is 11.7 Å². The monoisotopic (exact) mass is 191 g/mol. The van der Waals surface area contributed by atoms with E-state index in [4.69, 9.17) is 10.8 Å². The predicted molar refractivity (Wildman–Crippen MR) is 52.4 cm³/mol. The summed E-state index contributed by atoms with van der Waals surface area (Å²) in [6, 6.07) is 7.65. The Labute approximate surface area is 82.5 Å². The summed E-state index contributed by atoms with van der Waals surface area (Å²) in [4.78, 5) is 10.9. The summed E-state index contributed by atoms with van der Waals surface area (Å²) in [6.45, 7) is 0.0259. The largest absolute Gasteiger partial charge is 0.392 e. The Kier molecular flexibility index (Phi) is 2.25. The molecule has 1 saturated carbocycles. The molecule has 0 unspecified atom stereocenters. The molecule has 2 atom stereocenters. The van der Waals surface area contributed by atoms with Crippen molar-refractivity contribution >= 4 is 5.91 Å². The molecule has 1 aromatic carbocycles. The third-order valence-electron chi connectivity index (χ3n) is 2.78. The lowest BCUT2D eigenvalue weighted by Gasteiger charge is -2.05. The van der Waals surface area contributed by atoms with Crippen LogP contribution in [0, 0.1) is 5.92 Å². The number of carbonyl (C=O) groups excluding carboxylic acids is 1. The standard InChI is InChI=1S/C11H13NO2/c12-11(14)10-5-9(10)8-4-2-1-3-7(8)6-13/h1-4,9-10,13H,5-6H2,(H2,12,14)/t9-,10-/m0/s1. The highest BCUT2D eigenvalue weighted by atomic mass is 16.3. The summed E-state index contributed by atoms with van der Waals surface area (Å²) in [5, 5.41) is 9.10. The number of hydrogen-bond donors (Lipinski definition) is 2. The molecule has 14 heavy (non-hydrogen) atoms. The maximum absolute atomic E-state index is 10.9. The Hall–Kier alpha value is -1.35. The van der Waals surface area contributed by atoms with Gasteiger partial charge in [0, 0.05) is 5.92 Å². The van der Waals surface area contributed by atoms with E-state index in [1.165, 1.54) is 0 Å². The van der Waals surface area contributed by atoms with Gasteiger partial charge in [-0.1, -0.05) is 24.3 Å². The van der Waals surface area contributed by atoms with Crippen LogP contribution in [-0.4, -0.2) is 11.0 Å². The maximum atomic E-state index is 10.9. The molecule has 0 radical (unpaired) electrons. The summed E-state index contributed by atoms with van der Waals surface area (Å²) in [6.07, 6.45) is 0.826. The zero-order valence-corrected chi connectivity index (χ0v) is 7.81. The summed E-state index contributed by atoms with van der Waals surface area (Å²) < 4.78 is 0. The van der Waals surface area contributed by atoms with Crippen LogP contribution in [0.5, 0.6) is 0 Å². The Balaban J connectivity index is 2.22. The summed E-state index contributed by atoms with van der Waals surface area (Å²) in [5.74, 6) is -0.0266. The lowest BCUT2D eigenvalue weighted by Crippen LogP contribution is -2.13. The molecule has 0 heterocycles. The summed E-state index contributed by atoms with van der Waals surface area (Å²) in [5.41, 5.74) is 7.19. The number of amides is 1. The Morgan fingerprint density at radius 3 is 2.79 bits per heavy atom. The Morgan fingerprint density at radius 1 is 1.50 bits per heavy atom. The number of aliphatic hydroxyl groups is 1. The Morgan fingerprint density at radius 2 is 2.21 bits per heavy atom. The second-order valence-electron chi connectivity index (χ2n) is 3.71. The van der Waals surface area contributed by atoms with Gasteiger partial charge in [0.15, 0.2) is 0 Å². The zero-order chi connectivity index (χ0) is 10.1. The molecule has 0 aromatic heterocycles. The third-order valence-corrected chi connectivity index (χ3v) is 2.78. The van der Waals surface area contributed by atoms with Crippen molar-refractivity contribution in [3.8, 4) is 0 Å². The van der Waals surface area contributed by atoms with Gasteiger partial charge in [0.25, 0.3) is 0 Å². The smallest absolute Gasteiger partial charge is 0.221 e. The average molecular weight is 191 g/mol. The quantitative estimate of drug-likeness (QED) is 0.741. The van der Waals surface area contributed by atoms with Crippen LogP contribution in [0.3, 0.4) is 0 Å². The number of carbonyl (C=O) groups is 1.